The number of aryl methyl sites for hydroxylation is 1. The molecule has 12 nitrogen and oxygen atoms in total. The molecular formula is C37H47ClN4O8S. The summed E-state index contributed by atoms with van der Waals surface area (Å²) in [7, 11) is -2.78. The molecular weight excluding hydrogens is 696 g/mol. The highest BCUT2D eigenvalue weighted by molar-refractivity contribution is 7.87. The van der Waals surface area contributed by atoms with Crippen LogP contribution in [0.5, 0.6) is 5.75 Å². The summed E-state index contributed by atoms with van der Waals surface area (Å²) in [6.45, 7) is 2.30. The van der Waals surface area contributed by atoms with Crippen LogP contribution < -0.4 is 14.4 Å². The second-order valence-corrected chi connectivity index (χ2v) is 16.9. The van der Waals surface area contributed by atoms with E-state index in [4.69, 9.17) is 21.1 Å². The molecule has 3 aliphatic heterocycles. The number of benzene rings is 2. The van der Waals surface area contributed by atoms with Gasteiger partial charge in [-0.1, -0.05) is 35.9 Å². The van der Waals surface area contributed by atoms with Crippen LogP contribution in [0.2, 0.25) is 5.02 Å². The fourth-order valence-electron chi connectivity index (χ4n) is 8.42. The van der Waals surface area contributed by atoms with Crippen LogP contribution in [0.4, 0.5) is 5.69 Å². The molecule has 1 saturated heterocycles. The van der Waals surface area contributed by atoms with Crippen LogP contribution in [0.1, 0.15) is 55.2 Å². The largest absolute Gasteiger partial charge is 0.490 e. The third kappa shape index (κ3) is 7.13. The Labute approximate surface area is 304 Å². The van der Waals surface area contributed by atoms with Crippen molar-refractivity contribution < 1.29 is 37.7 Å². The minimum Gasteiger partial charge on any atom is -0.490 e. The second-order valence-electron chi connectivity index (χ2n) is 14.8. The van der Waals surface area contributed by atoms with E-state index in [1.165, 1.54) is 16.0 Å². The lowest BCUT2D eigenvalue weighted by Gasteiger charge is -2.45. The van der Waals surface area contributed by atoms with Crippen LogP contribution in [0.25, 0.3) is 0 Å². The lowest BCUT2D eigenvalue weighted by Crippen LogP contribution is -2.54. The number of carbonyl (C=O) groups excluding carboxylic acids is 2. The molecule has 7 rings (SSSR count). The number of anilines is 1. The van der Waals surface area contributed by atoms with E-state index < -0.39 is 40.1 Å². The lowest BCUT2D eigenvalue weighted by atomic mass is 9.68. The smallest absolute Gasteiger partial charge is 0.304 e. The van der Waals surface area contributed by atoms with Crippen molar-refractivity contribution in [2.24, 2.45) is 11.8 Å². The molecule has 51 heavy (non-hydrogen) atoms. The Hall–Kier alpha value is -3.20. The highest BCUT2D eigenvalue weighted by atomic mass is 35.5. The van der Waals surface area contributed by atoms with Gasteiger partial charge in [-0.05, 0) is 91.3 Å². The molecule has 2 aliphatic carbocycles. The Bertz CT molecular complexity index is 1800. The minimum atomic E-state index is -4.35. The van der Waals surface area contributed by atoms with Gasteiger partial charge in [0.2, 0.25) is 5.91 Å². The average molecular weight is 743 g/mol. The van der Waals surface area contributed by atoms with Gasteiger partial charge in [-0.25, -0.2) is 4.72 Å². The SMILES string of the molecule is CN1CC/C=C/[C@H](O)[C@@H]2CC[C@H]2CN2C[C@@]3(CCCc4cc(Cl)ccc43)COc3ccc(cc32)[C@@](O)(C(=O)NS(=O)(=O)N2CCOCC2)CC1=O. The first-order chi connectivity index (χ1) is 24.4. The molecule has 2 aromatic rings. The van der Waals surface area contributed by atoms with Gasteiger partial charge >= 0.3 is 10.2 Å². The summed E-state index contributed by atoms with van der Waals surface area (Å²) < 4.78 is 41.8. The molecule has 0 radical (unpaired) electrons. The standard InChI is InChI=1S/C37H47ClN4O8S/c1-40-14-3-2-6-32(43)29-10-7-26(29)22-41-23-36(13-4-5-25-19-28(38)9-11-30(25)36)24-50-33-12-8-27(20-31(33)41)37(46,21-34(40)44)35(45)39-51(47,48)42-15-17-49-18-16-42/h2,6,8-9,11-12,19-20,26,29,32,43,46H,3-5,7,10,13-18,21-24H2,1H3,(H,39,45)/b6-2+/t26-,29+,32-,36-,37+/m0/s1. The number of rotatable bonds is 3. The van der Waals surface area contributed by atoms with E-state index in [1.54, 1.807) is 25.2 Å². The number of hydrogen-bond donors (Lipinski definition) is 3. The van der Waals surface area contributed by atoms with Crippen molar-refractivity contribution in [1.29, 1.82) is 0 Å². The van der Waals surface area contributed by atoms with Gasteiger partial charge in [-0.15, -0.1) is 0 Å². The van der Waals surface area contributed by atoms with E-state index in [1.807, 2.05) is 24.3 Å². The average Bonchev–Trinajstić information content (AvgIpc) is 3.24. The van der Waals surface area contributed by atoms with Crippen LogP contribution in [0.15, 0.2) is 48.6 Å². The van der Waals surface area contributed by atoms with Crippen LogP contribution in [0.3, 0.4) is 0 Å². The Balaban J connectivity index is 1.32. The van der Waals surface area contributed by atoms with Crippen molar-refractivity contribution >= 4 is 39.3 Å². The second kappa shape index (κ2) is 14.3. The molecule has 3 N–H and O–H groups in total. The molecule has 1 spiro atoms. The van der Waals surface area contributed by atoms with Gasteiger partial charge in [0.15, 0.2) is 5.60 Å². The number of aliphatic hydroxyl groups is 2. The van der Waals surface area contributed by atoms with Crippen molar-refractivity contribution in [3.63, 3.8) is 0 Å². The normalized spacial score (nSPS) is 31.1. The number of aliphatic hydroxyl groups excluding tert-OH is 1. The van der Waals surface area contributed by atoms with E-state index in [9.17, 15) is 28.2 Å². The Morgan fingerprint density at radius 3 is 2.67 bits per heavy atom. The maximum atomic E-state index is 14.1. The summed E-state index contributed by atoms with van der Waals surface area (Å²) in [5.74, 6) is -0.986. The molecule has 276 valence electrons. The van der Waals surface area contributed by atoms with Crippen molar-refractivity contribution in [1.82, 2.24) is 13.9 Å². The van der Waals surface area contributed by atoms with Crippen molar-refractivity contribution in [3.05, 3.63) is 70.3 Å². The summed E-state index contributed by atoms with van der Waals surface area (Å²) in [6.07, 6.45) is 7.38. The molecule has 2 fully saturated rings. The van der Waals surface area contributed by atoms with Crippen LogP contribution in [-0.2, 0) is 42.0 Å². The van der Waals surface area contributed by atoms with Gasteiger partial charge in [0.25, 0.3) is 5.91 Å². The Morgan fingerprint density at radius 1 is 1.10 bits per heavy atom. The molecule has 2 amide bonds. The van der Waals surface area contributed by atoms with E-state index in [0.29, 0.717) is 42.6 Å². The van der Waals surface area contributed by atoms with Gasteiger partial charge in [0, 0.05) is 50.2 Å². The summed E-state index contributed by atoms with van der Waals surface area (Å²) >= 11 is 6.43. The zero-order valence-electron chi connectivity index (χ0n) is 28.9. The third-order valence-electron chi connectivity index (χ3n) is 11.6. The number of nitrogens with one attached hydrogen (secondary N) is 1. The molecule has 1 saturated carbocycles. The third-order valence-corrected chi connectivity index (χ3v) is 13.3. The summed E-state index contributed by atoms with van der Waals surface area (Å²) in [4.78, 5) is 31.4. The summed E-state index contributed by atoms with van der Waals surface area (Å²) in [6, 6.07) is 11.0. The number of amides is 2. The quantitative estimate of drug-likeness (QED) is 0.404. The van der Waals surface area contributed by atoms with Crippen molar-refractivity contribution in [2.75, 3.05) is 64.5 Å². The number of fused-ring (bicyclic) bond motifs is 4. The zero-order valence-corrected chi connectivity index (χ0v) is 30.5. The van der Waals surface area contributed by atoms with Crippen LogP contribution >= 0.6 is 11.6 Å². The molecule has 2 bridgehead atoms. The van der Waals surface area contributed by atoms with Gasteiger partial charge in [0.1, 0.15) is 5.75 Å². The first-order valence-electron chi connectivity index (χ1n) is 17.9. The predicted octanol–water partition coefficient (Wildman–Crippen LogP) is 2.89. The number of nitrogens with zero attached hydrogens (tertiary/aromatic N) is 3. The molecule has 2 aromatic carbocycles. The van der Waals surface area contributed by atoms with Crippen LogP contribution in [0, 0.1) is 11.8 Å². The van der Waals surface area contributed by atoms with Gasteiger partial charge < -0.3 is 29.5 Å². The summed E-state index contributed by atoms with van der Waals surface area (Å²) in [5.41, 5.74) is 0.173. The molecule has 5 aliphatic rings. The fourth-order valence-corrected chi connectivity index (χ4v) is 9.77. The Morgan fingerprint density at radius 2 is 1.90 bits per heavy atom. The Kier molecular flexibility index (Phi) is 10.2. The van der Waals surface area contributed by atoms with Gasteiger partial charge in [-0.3, -0.25) is 9.59 Å². The highest BCUT2D eigenvalue weighted by Crippen LogP contribution is 2.47. The van der Waals surface area contributed by atoms with E-state index in [0.717, 1.165) is 36.4 Å². The summed E-state index contributed by atoms with van der Waals surface area (Å²) in [5, 5.41) is 24.2. The monoisotopic (exact) mass is 742 g/mol. The molecule has 5 atom stereocenters. The number of halogens is 1. The molecule has 14 heteroatoms. The van der Waals surface area contributed by atoms with E-state index in [-0.39, 0.29) is 55.7 Å². The topological polar surface area (TPSA) is 149 Å². The van der Waals surface area contributed by atoms with Crippen molar-refractivity contribution in [2.45, 2.75) is 62.1 Å². The van der Waals surface area contributed by atoms with Crippen molar-refractivity contribution in [3.8, 4) is 5.75 Å². The molecule has 0 unspecified atom stereocenters. The van der Waals surface area contributed by atoms with E-state index >= 15 is 0 Å². The van der Waals surface area contributed by atoms with Crippen LogP contribution in [-0.4, -0.2) is 105 Å². The molecule has 0 aromatic heterocycles. The number of morpholine rings is 1. The lowest BCUT2D eigenvalue weighted by molar-refractivity contribution is -0.148. The maximum absolute atomic E-state index is 14.1. The number of hydrogen-bond acceptors (Lipinski definition) is 9. The number of ether oxygens (including phenoxy) is 2. The highest BCUT2D eigenvalue weighted by Gasteiger charge is 2.47. The zero-order chi connectivity index (χ0) is 36.0. The maximum Gasteiger partial charge on any atom is 0.304 e. The predicted molar refractivity (Wildman–Crippen MR) is 192 cm³/mol. The fraction of sp³-hybridized carbons (Fsp3) is 0.568. The van der Waals surface area contributed by atoms with Gasteiger partial charge in [-0.2, -0.15) is 12.7 Å². The molecule has 3 heterocycles. The first kappa shape index (κ1) is 36.2. The minimum absolute atomic E-state index is 0.0471. The first-order valence-corrected chi connectivity index (χ1v) is 19.7. The van der Waals surface area contributed by atoms with E-state index in [2.05, 4.69) is 15.7 Å². The number of carbonyl (C=O) groups is 2. The van der Waals surface area contributed by atoms with Gasteiger partial charge in [0.05, 0.1) is 38.0 Å².